The molecule has 1 atom stereocenters. The molecule has 0 radical (unpaired) electrons. The third-order valence-electron chi connectivity index (χ3n) is 8.53. The van der Waals surface area contributed by atoms with Crippen molar-refractivity contribution in [2.24, 2.45) is 11.8 Å². The van der Waals surface area contributed by atoms with E-state index in [2.05, 4.69) is 15.2 Å². The van der Waals surface area contributed by atoms with Crippen LogP contribution in [0.15, 0.2) is 21.8 Å². The second-order valence-corrected chi connectivity index (χ2v) is 12.5. The molecule has 3 aliphatic rings. The number of thioether (sulfide) groups is 1. The highest BCUT2D eigenvalue weighted by atomic mass is 35.5. The normalized spacial score (nSPS) is 25.0. The standard InChI is InChI=1S/C29H38ClN3O5S/c1-16-10-24(39-5)22(28(35)32-16)12-31-27(34)21-11-23(30)26-25(17(21)2)37-29(3,38-26)19-8-6-18(7-9-19)13-33-14-20(15-33)36-4/h10-11,18-20H,6-9,12-15H2,1-5H3,(H,31,34)(H,32,35)/t18?,19?,29-/m0/s1. The number of amides is 1. The Hall–Kier alpha value is -2.20. The van der Waals surface area contributed by atoms with Crippen LogP contribution in [0.25, 0.3) is 0 Å². The van der Waals surface area contributed by atoms with Gasteiger partial charge in [0.1, 0.15) is 0 Å². The van der Waals surface area contributed by atoms with Crippen LogP contribution in [-0.4, -0.2) is 60.7 Å². The van der Waals surface area contributed by atoms with Crippen LogP contribution >= 0.6 is 23.4 Å². The quantitative estimate of drug-likeness (QED) is 0.432. The van der Waals surface area contributed by atoms with Crippen LogP contribution < -0.4 is 20.3 Å². The molecule has 8 nitrogen and oxygen atoms in total. The zero-order valence-corrected chi connectivity index (χ0v) is 24.9. The number of fused-ring (bicyclic) bond motifs is 1. The fourth-order valence-electron chi connectivity index (χ4n) is 6.10. The summed E-state index contributed by atoms with van der Waals surface area (Å²) in [6.07, 6.45) is 6.60. The summed E-state index contributed by atoms with van der Waals surface area (Å²) in [5.41, 5.74) is 2.20. The maximum absolute atomic E-state index is 13.2. The summed E-state index contributed by atoms with van der Waals surface area (Å²) in [6.45, 7) is 8.98. The third-order valence-corrected chi connectivity index (χ3v) is 9.61. The van der Waals surface area contributed by atoms with Gasteiger partial charge in [-0.2, -0.15) is 0 Å². The van der Waals surface area contributed by atoms with E-state index < -0.39 is 5.79 Å². The molecule has 5 rings (SSSR count). The molecule has 2 fully saturated rings. The van der Waals surface area contributed by atoms with Gasteiger partial charge >= 0.3 is 0 Å². The minimum atomic E-state index is -0.822. The molecule has 212 valence electrons. The van der Waals surface area contributed by atoms with Gasteiger partial charge in [-0.05, 0) is 63.8 Å². The number of ether oxygens (including phenoxy) is 3. The number of carbonyl (C=O) groups excluding carboxylic acids is 1. The van der Waals surface area contributed by atoms with E-state index >= 15 is 0 Å². The van der Waals surface area contributed by atoms with Gasteiger partial charge < -0.3 is 24.5 Å². The number of hydrogen-bond acceptors (Lipinski definition) is 7. The molecule has 0 unspecified atom stereocenters. The van der Waals surface area contributed by atoms with Crippen molar-refractivity contribution in [1.29, 1.82) is 0 Å². The average Bonchev–Trinajstić information content (AvgIpc) is 3.27. The van der Waals surface area contributed by atoms with Crippen molar-refractivity contribution in [3.05, 3.63) is 49.9 Å². The van der Waals surface area contributed by atoms with Crippen LogP contribution in [0.1, 0.15) is 59.8 Å². The van der Waals surface area contributed by atoms with Crippen LogP contribution in [0.5, 0.6) is 11.5 Å². The number of nitrogens with one attached hydrogen (secondary N) is 2. The zero-order valence-electron chi connectivity index (χ0n) is 23.3. The Labute approximate surface area is 239 Å². The van der Waals surface area contributed by atoms with E-state index in [0.717, 1.165) is 55.9 Å². The number of aromatic nitrogens is 1. The Bertz CT molecular complexity index is 1300. The van der Waals surface area contributed by atoms with E-state index in [-0.39, 0.29) is 23.9 Å². The van der Waals surface area contributed by atoms with Gasteiger partial charge in [0, 0.05) is 73.4 Å². The van der Waals surface area contributed by atoms with E-state index in [4.69, 9.17) is 25.8 Å². The van der Waals surface area contributed by atoms with Crippen molar-refractivity contribution < 1.29 is 19.0 Å². The molecule has 0 spiro atoms. The van der Waals surface area contributed by atoms with E-state index in [1.807, 2.05) is 33.1 Å². The lowest BCUT2D eigenvalue weighted by molar-refractivity contribution is -0.124. The Morgan fingerprint density at radius 1 is 1.21 bits per heavy atom. The van der Waals surface area contributed by atoms with Gasteiger partial charge in [0.25, 0.3) is 17.3 Å². The Kier molecular flexibility index (Phi) is 8.25. The van der Waals surface area contributed by atoms with Gasteiger partial charge in [-0.15, -0.1) is 11.8 Å². The van der Waals surface area contributed by atoms with Crippen LogP contribution in [0, 0.1) is 25.7 Å². The number of benzene rings is 1. The van der Waals surface area contributed by atoms with Crippen LogP contribution in [0.3, 0.4) is 0 Å². The SMILES string of the molecule is COC1CN(CC2CCC([C@]3(C)Oc4c(Cl)cc(C(=O)NCc5c(SC)cc(C)[nH]c5=O)c(C)c4O3)CC2)C1. The first-order valence-electron chi connectivity index (χ1n) is 13.6. The largest absolute Gasteiger partial charge is 0.448 e. The number of methoxy groups -OCH3 is 1. The van der Waals surface area contributed by atoms with Crippen molar-refractivity contribution in [2.45, 2.75) is 69.8 Å². The molecule has 0 bridgehead atoms. The van der Waals surface area contributed by atoms with Crippen LogP contribution in [0.4, 0.5) is 0 Å². The van der Waals surface area contributed by atoms with Gasteiger partial charge in [0.2, 0.25) is 0 Å². The Balaban J connectivity index is 1.24. The molecular weight excluding hydrogens is 538 g/mol. The highest BCUT2D eigenvalue weighted by molar-refractivity contribution is 7.98. The van der Waals surface area contributed by atoms with Crippen molar-refractivity contribution in [3.63, 3.8) is 0 Å². The van der Waals surface area contributed by atoms with Crippen molar-refractivity contribution in [2.75, 3.05) is 33.0 Å². The second-order valence-electron chi connectivity index (χ2n) is 11.2. The van der Waals surface area contributed by atoms with Crippen molar-refractivity contribution in [3.8, 4) is 11.5 Å². The van der Waals surface area contributed by atoms with Gasteiger partial charge in [-0.1, -0.05) is 11.6 Å². The number of nitrogens with zero attached hydrogens (tertiary/aromatic N) is 1. The first-order chi connectivity index (χ1) is 18.6. The molecule has 1 aromatic heterocycles. The topological polar surface area (TPSA) is 92.9 Å². The third kappa shape index (κ3) is 5.69. The summed E-state index contributed by atoms with van der Waals surface area (Å²) >= 11 is 8.11. The number of H-pyrrole nitrogens is 1. The number of carbonyl (C=O) groups is 1. The number of hydrogen-bond donors (Lipinski definition) is 2. The van der Waals surface area contributed by atoms with Gasteiger partial charge in [0.15, 0.2) is 11.5 Å². The lowest BCUT2D eigenvalue weighted by atomic mass is 9.78. The molecule has 3 heterocycles. The molecule has 2 N–H and O–H groups in total. The Morgan fingerprint density at radius 3 is 2.56 bits per heavy atom. The predicted molar refractivity (Wildman–Crippen MR) is 153 cm³/mol. The molecule has 10 heteroatoms. The molecule has 1 saturated carbocycles. The summed E-state index contributed by atoms with van der Waals surface area (Å²) in [7, 11) is 1.78. The van der Waals surface area contributed by atoms with E-state index in [1.165, 1.54) is 11.8 Å². The molecule has 2 aromatic rings. The number of halogens is 1. The zero-order chi connectivity index (χ0) is 27.9. The summed E-state index contributed by atoms with van der Waals surface area (Å²) < 4.78 is 18.3. The number of pyridine rings is 1. The summed E-state index contributed by atoms with van der Waals surface area (Å²) in [5.74, 6) is 0.804. The number of likely N-dealkylation sites (tertiary alicyclic amines) is 1. The first kappa shape index (κ1) is 28.3. The smallest absolute Gasteiger partial charge is 0.254 e. The molecular formula is C29H38ClN3O5S. The van der Waals surface area contributed by atoms with E-state index in [0.29, 0.717) is 45.2 Å². The maximum Gasteiger partial charge on any atom is 0.254 e. The summed E-state index contributed by atoms with van der Waals surface area (Å²) in [6, 6.07) is 3.54. The number of aryl methyl sites for hydroxylation is 1. The molecule has 1 amide bonds. The van der Waals surface area contributed by atoms with E-state index in [9.17, 15) is 9.59 Å². The van der Waals surface area contributed by atoms with Crippen molar-refractivity contribution in [1.82, 2.24) is 15.2 Å². The molecule has 1 aliphatic carbocycles. The highest BCUT2D eigenvalue weighted by Gasteiger charge is 2.47. The lowest BCUT2D eigenvalue weighted by Crippen LogP contribution is -2.53. The van der Waals surface area contributed by atoms with Gasteiger partial charge in [0.05, 0.1) is 11.1 Å². The minimum absolute atomic E-state index is 0.112. The fourth-order valence-corrected chi connectivity index (χ4v) is 7.04. The summed E-state index contributed by atoms with van der Waals surface area (Å²) in [4.78, 5) is 31.9. The molecule has 39 heavy (non-hydrogen) atoms. The second kappa shape index (κ2) is 11.4. The monoisotopic (exact) mass is 575 g/mol. The number of rotatable bonds is 8. The van der Waals surface area contributed by atoms with Crippen LogP contribution in [-0.2, 0) is 11.3 Å². The molecule has 2 aliphatic heterocycles. The average molecular weight is 576 g/mol. The lowest BCUT2D eigenvalue weighted by Gasteiger charge is -2.42. The molecule has 1 saturated heterocycles. The van der Waals surface area contributed by atoms with Gasteiger partial charge in [-0.25, -0.2) is 0 Å². The van der Waals surface area contributed by atoms with E-state index in [1.54, 1.807) is 13.2 Å². The first-order valence-corrected chi connectivity index (χ1v) is 15.2. The maximum atomic E-state index is 13.2. The highest BCUT2D eigenvalue weighted by Crippen LogP contribution is 2.52. The predicted octanol–water partition coefficient (Wildman–Crippen LogP) is 4.92. The van der Waals surface area contributed by atoms with Crippen molar-refractivity contribution >= 4 is 29.3 Å². The summed E-state index contributed by atoms with van der Waals surface area (Å²) in [5, 5.41) is 3.24. The van der Waals surface area contributed by atoms with Crippen LogP contribution in [0.2, 0.25) is 5.02 Å². The van der Waals surface area contributed by atoms with Gasteiger partial charge in [-0.3, -0.25) is 14.5 Å². The minimum Gasteiger partial charge on any atom is -0.448 e. The molecule has 1 aromatic carbocycles. The fraction of sp³-hybridized carbons (Fsp3) is 0.586. The number of aromatic amines is 1. The Morgan fingerprint density at radius 2 is 1.90 bits per heavy atom.